The van der Waals surface area contributed by atoms with Gasteiger partial charge < -0.3 is 10.4 Å². The molecule has 0 bridgehead atoms. The average molecular weight is 292 g/mol. The predicted molar refractivity (Wildman–Crippen MR) is 80.2 cm³/mol. The van der Waals surface area contributed by atoms with Crippen molar-refractivity contribution in [1.29, 1.82) is 0 Å². The first-order valence-corrected chi connectivity index (χ1v) is 7.76. The van der Waals surface area contributed by atoms with E-state index in [1.54, 1.807) is 4.68 Å². The quantitative estimate of drug-likeness (QED) is 0.776. The van der Waals surface area contributed by atoms with Crippen molar-refractivity contribution in [2.24, 2.45) is 13.0 Å². The number of nitrogens with one attached hydrogen (secondary N) is 2. The van der Waals surface area contributed by atoms with Crippen LogP contribution < -0.4 is 10.6 Å². The number of hydrogen-bond acceptors (Lipinski definition) is 3. The van der Waals surface area contributed by atoms with Crippen LogP contribution in [0.1, 0.15) is 50.6 Å². The average Bonchev–Trinajstić information content (AvgIpc) is 3.15. The van der Waals surface area contributed by atoms with Crippen LogP contribution in [0.4, 0.5) is 10.6 Å². The molecule has 0 aromatic carbocycles. The molecule has 2 aliphatic carbocycles. The first kappa shape index (κ1) is 14.4. The Balaban J connectivity index is 1.62. The Morgan fingerprint density at radius 1 is 1.48 bits per heavy atom. The highest BCUT2D eigenvalue weighted by Gasteiger charge is 2.42. The molecule has 3 rings (SSSR count). The van der Waals surface area contributed by atoms with Crippen molar-refractivity contribution in [2.75, 3.05) is 11.9 Å². The molecule has 6 heteroatoms. The van der Waals surface area contributed by atoms with Crippen LogP contribution in [0, 0.1) is 5.92 Å². The van der Waals surface area contributed by atoms with E-state index in [1.807, 2.05) is 20.0 Å². The molecular weight excluding hydrogens is 268 g/mol. The normalized spacial score (nSPS) is 21.5. The highest BCUT2D eigenvalue weighted by molar-refractivity contribution is 5.89. The fourth-order valence-corrected chi connectivity index (χ4v) is 2.91. The van der Waals surface area contributed by atoms with Crippen LogP contribution in [-0.2, 0) is 7.05 Å². The molecule has 1 atom stereocenters. The standard InChI is InChI=1S/C15H24N4O2/c1-15(9-20,11-6-7-11)17-14(21)16-13-8-12(18-19(13)2)10-4-3-5-10/h8,10-11,20H,3-7,9H2,1-2H3,(H2,16,17,21). The van der Waals surface area contributed by atoms with Crippen molar-refractivity contribution in [1.82, 2.24) is 15.1 Å². The van der Waals surface area contributed by atoms with Gasteiger partial charge in [-0.2, -0.15) is 5.10 Å². The Morgan fingerprint density at radius 3 is 2.71 bits per heavy atom. The molecule has 1 aromatic heterocycles. The van der Waals surface area contributed by atoms with Gasteiger partial charge in [0.05, 0.1) is 17.8 Å². The molecule has 1 aromatic rings. The van der Waals surface area contributed by atoms with Gasteiger partial charge in [0.25, 0.3) is 0 Å². The van der Waals surface area contributed by atoms with Crippen molar-refractivity contribution >= 4 is 11.8 Å². The van der Waals surface area contributed by atoms with Crippen LogP contribution in [0.2, 0.25) is 0 Å². The molecule has 0 saturated heterocycles. The molecule has 0 aliphatic heterocycles. The van der Waals surface area contributed by atoms with Crippen LogP contribution in [0.3, 0.4) is 0 Å². The minimum absolute atomic E-state index is 0.0379. The summed E-state index contributed by atoms with van der Waals surface area (Å²) in [6, 6.07) is 1.68. The lowest BCUT2D eigenvalue weighted by Gasteiger charge is -2.28. The number of aryl methyl sites for hydroxylation is 1. The second-order valence-electron chi connectivity index (χ2n) is 6.63. The summed E-state index contributed by atoms with van der Waals surface area (Å²) in [5.74, 6) is 1.62. The van der Waals surface area contributed by atoms with Gasteiger partial charge in [0.2, 0.25) is 0 Å². The minimum Gasteiger partial charge on any atom is -0.394 e. The molecule has 6 nitrogen and oxygen atoms in total. The zero-order chi connectivity index (χ0) is 15.0. The van der Waals surface area contributed by atoms with Crippen molar-refractivity contribution in [3.05, 3.63) is 11.8 Å². The number of rotatable bonds is 5. The van der Waals surface area contributed by atoms with E-state index in [4.69, 9.17) is 0 Å². The second-order valence-corrected chi connectivity index (χ2v) is 6.63. The molecule has 2 saturated carbocycles. The molecule has 1 heterocycles. The lowest BCUT2D eigenvalue weighted by atomic mass is 9.83. The van der Waals surface area contributed by atoms with Gasteiger partial charge in [-0.25, -0.2) is 4.79 Å². The molecule has 21 heavy (non-hydrogen) atoms. The summed E-state index contributed by atoms with van der Waals surface area (Å²) in [6.07, 6.45) is 5.77. The SMILES string of the molecule is Cn1nc(C2CCC2)cc1NC(=O)NC(C)(CO)C1CC1. The van der Waals surface area contributed by atoms with Gasteiger partial charge in [-0.3, -0.25) is 10.00 Å². The fraction of sp³-hybridized carbons (Fsp3) is 0.733. The van der Waals surface area contributed by atoms with Gasteiger partial charge in [-0.15, -0.1) is 0 Å². The third-order valence-corrected chi connectivity index (χ3v) is 4.87. The third-order valence-electron chi connectivity index (χ3n) is 4.87. The van der Waals surface area contributed by atoms with E-state index in [0.717, 1.165) is 18.5 Å². The topological polar surface area (TPSA) is 79.2 Å². The lowest BCUT2D eigenvalue weighted by molar-refractivity contribution is 0.159. The van der Waals surface area contributed by atoms with E-state index in [1.165, 1.54) is 19.3 Å². The number of aliphatic hydroxyl groups excluding tert-OH is 1. The number of carbonyl (C=O) groups excluding carboxylic acids is 1. The first-order valence-electron chi connectivity index (χ1n) is 7.76. The van der Waals surface area contributed by atoms with Gasteiger partial charge >= 0.3 is 6.03 Å². The molecule has 0 spiro atoms. The summed E-state index contributed by atoms with van der Waals surface area (Å²) in [6.45, 7) is 1.86. The zero-order valence-electron chi connectivity index (χ0n) is 12.7. The van der Waals surface area contributed by atoms with Gasteiger partial charge in [-0.05, 0) is 38.5 Å². The van der Waals surface area contributed by atoms with E-state index < -0.39 is 5.54 Å². The highest BCUT2D eigenvalue weighted by atomic mass is 16.3. The summed E-state index contributed by atoms with van der Waals surface area (Å²) in [5.41, 5.74) is 0.533. The van der Waals surface area contributed by atoms with E-state index in [-0.39, 0.29) is 12.6 Å². The molecule has 2 aliphatic rings. The maximum atomic E-state index is 12.2. The van der Waals surface area contributed by atoms with Gasteiger partial charge in [0, 0.05) is 19.0 Å². The van der Waals surface area contributed by atoms with Crippen LogP contribution in [0.5, 0.6) is 0 Å². The number of carbonyl (C=O) groups is 1. The van der Waals surface area contributed by atoms with Crippen molar-refractivity contribution in [2.45, 2.75) is 50.5 Å². The summed E-state index contributed by atoms with van der Waals surface area (Å²) < 4.78 is 1.71. The third kappa shape index (κ3) is 2.90. The number of nitrogens with zero attached hydrogens (tertiary/aromatic N) is 2. The van der Waals surface area contributed by atoms with Gasteiger partial charge in [0.15, 0.2) is 0 Å². The fourth-order valence-electron chi connectivity index (χ4n) is 2.91. The number of amides is 2. The number of aliphatic hydroxyl groups is 1. The zero-order valence-corrected chi connectivity index (χ0v) is 12.7. The maximum absolute atomic E-state index is 12.2. The summed E-state index contributed by atoms with van der Waals surface area (Å²) in [4.78, 5) is 12.2. The maximum Gasteiger partial charge on any atom is 0.320 e. The van der Waals surface area contributed by atoms with Crippen molar-refractivity contribution in [3.63, 3.8) is 0 Å². The monoisotopic (exact) mass is 292 g/mol. The van der Waals surface area contributed by atoms with Crippen LogP contribution in [0.15, 0.2) is 6.07 Å². The molecule has 3 N–H and O–H groups in total. The van der Waals surface area contributed by atoms with Gasteiger partial charge in [0.1, 0.15) is 5.82 Å². The number of aromatic nitrogens is 2. The van der Waals surface area contributed by atoms with Crippen molar-refractivity contribution in [3.8, 4) is 0 Å². The van der Waals surface area contributed by atoms with Gasteiger partial charge in [-0.1, -0.05) is 6.42 Å². The van der Waals surface area contributed by atoms with E-state index in [2.05, 4.69) is 15.7 Å². The highest BCUT2D eigenvalue weighted by Crippen LogP contribution is 2.39. The molecule has 116 valence electrons. The predicted octanol–water partition coefficient (Wildman–Crippen LogP) is 1.97. The second kappa shape index (κ2) is 5.33. The van der Waals surface area contributed by atoms with Crippen molar-refractivity contribution < 1.29 is 9.90 Å². The largest absolute Gasteiger partial charge is 0.394 e. The molecule has 0 radical (unpaired) electrons. The summed E-state index contributed by atoms with van der Waals surface area (Å²) in [5, 5.41) is 19.7. The van der Waals surface area contributed by atoms with E-state index in [0.29, 0.717) is 17.7 Å². The van der Waals surface area contributed by atoms with E-state index in [9.17, 15) is 9.90 Å². The Hall–Kier alpha value is -1.56. The Kier molecular flexibility index (Phi) is 3.65. The van der Waals surface area contributed by atoms with Crippen LogP contribution >= 0.6 is 0 Å². The number of urea groups is 1. The Labute approximate surface area is 124 Å². The molecular formula is C15H24N4O2. The van der Waals surface area contributed by atoms with Crippen LogP contribution in [-0.4, -0.2) is 33.1 Å². The van der Waals surface area contributed by atoms with Crippen LogP contribution in [0.25, 0.3) is 0 Å². The summed E-state index contributed by atoms with van der Waals surface area (Å²) in [7, 11) is 1.84. The summed E-state index contributed by atoms with van der Waals surface area (Å²) >= 11 is 0. The number of hydrogen-bond donors (Lipinski definition) is 3. The molecule has 2 fully saturated rings. The molecule has 2 amide bonds. The Morgan fingerprint density at radius 2 is 2.19 bits per heavy atom. The number of anilines is 1. The smallest absolute Gasteiger partial charge is 0.320 e. The lowest BCUT2D eigenvalue weighted by Crippen LogP contribution is -2.52. The van der Waals surface area contributed by atoms with E-state index >= 15 is 0 Å². The first-order chi connectivity index (χ1) is 10.0. The Bertz CT molecular complexity index is 534. The minimum atomic E-state index is -0.528. The molecule has 1 unspecified atom stereocenters.